The third-order valence-corrected chi connectivity index (χ3v) is 3.61. The Morgan fingerprint density at radius 2 is 1.76 bits per heavy atom. The third kappa shape index (κ3) is 2.97. The molecular weight excluding hydrogens is 268 g/mol. The van der Waals surface area contributed by atoms with Crippen molar-refractivity contribution < 1.29 is 14.6 Å². The lowest BCUT2D eigenvalue weighted by Gasteiger charge is -2.31. The Morgan fingerprint density at radius 1 is 1.10 bits per heavy atom. The minimum absolute atomic E-state index is 0.269. The number of methoxy groups -OCH3 is 2. The summed E-state index contributed by atoms with van der Waals surface area (Å²) in [6, 6.07) is 9.79. The van der Waals surface area contributed by atoms with Gasteiger partial charge in [0.2, 0.25) is 11.8 Å². The molecule has 1 unspecified atom stereocenters. The zero-order valence-corrected chi connectivity index (χ0v) is 12.7. The Hall–Kier alpha value is -2.14. The summed E-state index contributed by atoms with van der Waals surface area (Å²) in [6.07, 6.45) is 0.621. The van der Waals surface area contributed by atoms with Crippen LogP contribution < -0.4 is 9.47 Å². The second-order valence-corrected chi connectivity index (χ2v) is 5.30. The predicted octanol–water partition coefficient (Wildman–Crippen LogP) is 2.51. The van der Waals surface area contributed by atoms with E-state index in [1.807, 2.05) is 44.2 Å². The van der Waals surface area contributed by atoms with Crippen LogP contribution in [0.2, 0.25) is 0 Å². The molecule has 1 aromatic carbocycles. The molecule has 1 aromatic heterocycles. The van der Waals surface area contributed by atoms with Crippen molar-refractivity contribution >= 4 is 0 Å². The summed E-state index contributed by atoms with van der Waals surface area (Å²) < 4.78 is 10.3. The van der Waals surface area contributed by atoms with Gasteiger partial charge in [0.25, 0.3) is 0 Å². The van der Waals surface area contributed by atoms with Gasteiger partial charge in [-0.25, -0.2) is 4.98 Å². The Bertz CT molecular complexity index is 600. The second-order valence-electron chi connectivity index (χ2n) is 5.30. The van der Waals surface area contributed by atoms with Crippen LogP contribution >= 0.6 is 0 Å². The number of nitrogens with zero attached hydrogens (tertiary/aromatic N) is 2. The molecule has 0 aliphatic rings. The minimum Gasteiger partial charge on any atom is -0.480 e. The number of benzene rings is 1. The van der Waals surface area contributed by atoms with E-state index in [0.29, 0.717) is 11.6 Å². The molecule has 1 heterocycles. The minimum atomic E-state index is -0.853. The summed E-state index contributed by atoms with van der Waals surface area (Å²) in [6.45, 7) is 3.91. The molecule has 0 bridgehead atoms. The number of aromatic nitrogens is 2. The van der Waals surface area contributed by atoms with Crippen LogP contribution in [0.4, 0.5) is 0 Å². The first-order valence-corrected chi connectivity index (χ1v) is 6.69. The van der Waals surface area contributed by atoms with Crippen LogP contribution in [0.1, 0.15) is 31.2 Å². The molecular formula is C16H20N2O3. The summed E-state index contributed by atoms with van der Waals surface area (Å²) in [4.78, 5) is 8.42. The number of aliphatic hydroxyl groups is 1. The maximum absolute atomic E-state index is 10.8. The molecule has 1 N–H and O–H groups in total. The molecule has 0 fully saturated rings. The van der Waals surface area contributed by atoms with Crippen molar-refractivity contribution in [2.24, 2.45) is 0 Å². The van der Waals surface area contributed by atoms with Gasteiger partial charge in [0, 0.05) is 5.41 Å². The SMILES string of the molecule is COc1cnc(C(O)C(C)(C)c2ccccc2)c(OC)n1. The molecule has 0 radical (unpaired) electrons. The van der Waals surface area contributed by atoms with E-state index < -0.39 is 11.5 Å². The van der Waals surface area contributed by atoms with E-state index in [4.69, 9.17) is 9.47 Å². The molecule has 0 spiro atoms. The smallest absolute Gasteiger partial charge is 0.241 e. The van der Waals surface area contributed by atoms with Crippen molar-refractivity contribution in [3.05, 3.63) is 47.8 Å². The number of ether oxygens (including phenoxy) is 2. The lowest BCUT2D eigenvalue weighted by molar-refractivity contribution is 0.0920. The molecule has 112 valence electrons. The van der Waals surface area contributed by atoms with Gasteiger partial charge in [0.05, 0.1) is 20.4 Å². The summed E-state index contributed by atoms with van der Waals surface area (Å²) in [5.41, 5.74) is 0.877. The van der Waals surface area contributed by atoms with Gasteiger partial charge in [-0.1, -0.05) is 44.2 Å². The monoisotopic (exact) mass is 288 g/mol. The van der Waals surface area contributed by atoms with Crippen LogP contribution in [0, 0.1) is 0 Å². The van der Waals surface area contributed by atoms with Gasteiger partial charge in [-0.05, 0) is 5.56 Å². The first-order valence-electron chi connectivity index (χ1n) is 6.69. The Balaban J connectivity index is 2.41. The van der Waals surface area contributed by atoms with E-state index in [2.05, 4.69) is 9.97 Å². The van der Waals surface area contributed by atoms with E-state index >= 15 is 0 Å². The Kier molecular flexibility index (Phi) is 4.43. The van der Waals surface area contributed by atoms with Gasteiger partial charge in [-0.2, -0.15) is 4.98 Å². The topological polar surface area (TPSA) is 64.5 Å². The average Bonchev–Trinajstić information content (AvgIpc) is 2.54. The van der Waals surface area contributed by atoms with Crippen molar-refractivity contribution in [1.82, 2.24) is 9.97 Å². The van der Waals surface area contributed by atoms with Gasteiger partial charge in [0.15, 0.2) is 0 Å². The van der Waals surface area contributed by atoms with E-state index in [9.17, 15) is 5.11 Å². The fraction of sp³-hybridized carbons (Fsp3) is 0.375. The van der Waals surface area contributed by atoms with Crippen molar-refractivity contribution in [2.75, 3.05) is 14.2 Å². The molecule has 0 amide bonds. The quantitative estimate of drug-likeness (QED) is 0.915. The summed E-state index contributed by atoms with van der Waals surface area (Å²) in [5.74, 6) is 0.617. The predicted molar refractivity (Wildman–Crippen MR) is 79.6 cm³/mol. The largest absolute Gasteiger partial charge is 0.480 e. The summed E-state index contributed by atoms with van der Waals surface area (Å²) in [5, 5.41) is 10.8. The molecule has 5 nitrogen and oxygen atoms in total. The molecule has 1 atom stereocenters. The standard InChI is InChI=1S/C16H20N2O3/c1-16(2,11-8-6-5-7-9-11)14(19)13-15(21-4)18-12(20-3)10-17-13/h5-10,14,19H,1-4H3. The van der Waals surface area contributed by atoms with Gasteiger partial charge >= 0.3 is 0 Å². The zero-order chi connectivity index (χ0) is 15.5. The lowest BCUT2D eigenvalue weighted by Crippen LogP contribution is -2.28. The molecule has 5 heteroatoms. The zero-order valence-electron chi connectivity index (χ0n) is 12.7. The molecule has 2 aromatic rings. The molecule has 0 saturated carbocycles. The van der Waals surface area contributed by atoms with Gasteiger partial charge in [-0.3, -0.25) is 0 Å². The highest BCUT2D eigenvalue weighted by molar-refractivity contribution is 5.32. The average molecular weight is 288 g/mol. The molecule has 0 aliphatic heterocycles. The molecule has 21 heavy (non-hydrogen) atoms. The van der Waals surface area contributed by atoms with E-state index in [-0.39, 0.29) is 5.88 Å². The number of rotatable bonds is 5. The van der Waals surface area contributed by atoms with Crippen LogP contribution in [0.15, 0.2) is 36.5 Å². The normalized spacial score (nSPS) is 12.8. The van der Waals surface area contributed by atoms with Crippen LogP contribution in [-0.4, -0.2) is 29.3 Å². The summed E-state index contributed by atoms with van der Waals surface area (Å²) in [7, 11) is 3.00. The number of aliphatic hydroxyl groups excluding tert-OH is 1. The van der Waals surface area contributed by atoms with E-state index in [1.54, 1.807) is 0 Å². The van der Waals surface area contributed by atoms with E-state index in [1.165, 1.54) is 20.4 Å². The first-order chi connectivity index (χ1) is 10.0. The van der Waals surface area contributed by atoms with Gasteiger partial charge < -0.3 is 14.6 Å². The lowest BCUT2D eigenvalue weighted by atomic mass is 9.78. The Labute approximate surface area is 124 Å². The van der Waals surface area contributed by atoms with Crippen molar-refractivity contribution in [1.29, 1.82) is 0 Å². The second kappa shape index (κ2) is 6.10. The highest BCUT2D eigenvalue weighted by Crippen LogP contribution is 2.38. The third-order valence-electron chi connectivity index (χ3n) is 3.61. The van der Waals surface area contributed by atoms with Crippen LogP contribution in [0.25, 0.3) is 0 Å². The van der Waals surface area contributed by atoms with Crippen molar-refractivity contribution in [2.45, 2.75) is 25.4 Å². The first kappa shape index (κ1) is 15.3. The van der Waals surface area contributed by atoms with Crippen LogP contribution in [0.3, 0.4) is 0 Å². The Morgan fingerprint density at radius 3 is 2.33 bits per heavy atom. The molecule has 2 rings (SSSR count). The highest BCUT2D eigenvalue weighted by Gasteiger charge is 2.34. The fourth-order valence-corrected chi connectivity index (χ4v) is 2.17. The maximum Gasteiger partial charge on any atom is 0.241 e. The van der Waals surface area contributed by atoms with E-state index in [0.717, 1.165) is 5.56 Å². The highest BCUT2D eigenvalue weighted by atomic mass is 16.5. The van der Waals surface area contributed by atoms with Crippen molar-refractivity contribution in [3.8, 4) is 11.8 Å². The maximum atomic E-state index is 10.8. The van der Waals surface area contributed by atoms with Crippen LogP contribution in [-0.2, 0) is 5.41 Å². The van der Waals surface area contributed by atoms with Gasteiger partial charge in [0.1, 0.15) is 11.8 Å². The number of hydrogen-bond donors (Lipinski definition) is 1. The molecule has 0 aliphatic carbocycles. The fourth-order valence-electron chi connectivity index (χ4n) is 2.17. The number of hydrogen-bond acceptors (Lipinski definition) is 5. The van der Waals surface area contributed by atoms with Gasteiger partial charge in [-0.15, -0.1) is 0 Å². The summed E-state index contributed by atoms with van der Waals surface area (Å²) >= 11 is 0. The van der Waals surface area contributed by atoms with Crippen molar-refractivity contribution in [3.63, 3.8) is 0 Å². The molecule has 0 saturated heterocycles. The van der Waals surface area contributed by atoms with Crippen LogP contribution in [0.5, 0.6) is 11.8 Å².